The maximum absolute atomic E-state index is 5.61. The van der Waals surface area contributed by atoms with E-state index in [-0.39, 0.29) is 0 Å². The van der Waals surface area contributed by atoms with Crippen molar-refractivity contribution in [1.82, 2.24) is 15.5 Å². The molecule has 0 aromatic carbocycles. The molecule has 1 atom stereocenters. The van der Waals surface area contributed by atoms with Crippen molar-refractivity contribution in [3.63, 3.8) is 0 Å². The van der Waals surface area contributed by atoms with Crippen LogP contribution in [0.15, 0.2) is 0 Å². The first-order valence-corrected chi connectivity index (χ1v) is 7.38. The molecule has 2 aliphatic rings. The van der Waals surface area contributed by atoms with Crippen LogP contribution in [0.1, 0.15) is 42.1 Å². The van der Waals surface area contributed by atoms with Crippen molar-refractivity contribution in [2.75, 3.05) is 6.61 Å². The van der Waals surface area contributed by atoms with Crippen LogP contribution >= 0.6 is 11.3 Å². The molecule has 1 saturated heterocycles. The minimum atomic E-state index is 0.465. The second kappa shape index (κ2) is 5.42. The van der Waals surface area contributed by atoms with E-state index in [2.05, 4.69) is 15.5 Å². The summed E-state index contributed by atoms with van der Waals surface area (Å²) in [6, 6.07) is 0.745. The molecule has 0 bridgehead atoms. The Hall–Kier alpha value is -0.520. The summed E-state index contributed by atoms with van der Waals surface area (Å²) < 4.78 is 5.61. The third kappa shape index (κ3) is 3.47. The minimum Gasteiger partial charge on any atom is -0.378 e. The fourth-order valence-corrected chi connectivity index (χ4v) is 2.95. The van der Waals surface area contributed by atoms with Gasteiger partial charge in [0.1, 0.15) is 10.0 Å². The van der Waals surface area contributed by atoms with Gasteiger partial charge in [-0.1, -0.05) is 0 Å². The zero-order valence-electron chi connectivity index (χ0n) is 10.0. The van der Waals surface area contributed by atoms with Crippen LogP contribution in [0, 0.1) is 0 Å². The summed E-state index contributed by atoms with van der Waals surface area (Å²) in [5, 5.41) is 14.2. The average Bonchev–Trinajstić information content (AvgIpc) is 2.86. The van der Waals surface area contributed by atoms with Crippen molar-refractivity contribution >= 4 is 11.3 Å². The molecular weight excluding hydrogens is 234 g/mol. The summed E-state index contributed by atoms with van der Waals surface area (Å²) in [7, 11) is 0. The highest BCUT2D eigenvalue weighted by Gasteiger charge is 2.21. The number of aryl methyl sites for hydroxylation is 1. The summed E-state index contributed by atoms with van der Waals surface area (Å²) in [5.41, 5.74) is 0. The number of aromatic nitrogens is 2. The fraction of sp³-hybridized carbons (Fsp3) is 0.833. The standard InChI is InChI=1S/C12H19N3OS/c1-2-10(16-7-1)5-6-11-14-15-12(17-11)8-13-9-3-4-9/h9-10,13H,1-8H2. The third-order valence-corrected chi connectivity index (χ3v) is 4.32. The van der Waals surface area contributed by atoms with Crippen LogP contribution in [0.25, 0.3) is 0 Å². The lowest BCUT2D eigenvalue weighted by Gasteiger charge is -2.06. The van der Waals surface area contributed by atoms with Gasteiger partial charge in [0.2, 0.25) is 0 Å². The Bertz CT molecular complexity index is 358. The molecule has 3 rings (SSSR count). The molecule has 1 N–H and O–H groups in total. The molecule has 1 aliphatic carbocycles. The van der Waals surface area contributed by atoms with Gasteiger partial charge < -0.3 is 10.1 Å². The summed E-state index contributed by atoms with van der Waals surface area (Å²) in [6.07, 6.45) is 7.67. The predicted octanol–water partition coefficient (Wildman–Crippen LogP) is 1.90. The third-order valence-electron chi connectivity index (χ3n) is 3.33. The topological polar surface area (TPSA) is 47.0 Å². The first-order valence-electron chi connectivity index (χ1n) is 6.56. The Kier molecular flexibility index (Phi) is 3.68. The largest absolute Gasteiger partial charge is 0.378 e. The van der Waals surface area contributed by atoms with Crippen LogP contribution in [0.2, 0.25) is 0 Å². The lowest BCUT2D eigenvalue weighted by atomic mass is 10.1. The molecule has 17 heavy (non-hydrogen) atoms. The van der Waals surface area contributed by atoms with Gasteiger partial charge in [-0.05, 0) is 32.1 Å². The highest BCUT2D eigenvalue weighted by molar-refractivity contribution is 7.11. The lowest BCUT2D eigenvalue weighted by molar-refractivity contribution is 0.104. The lowest BCUT2D eigenvalue weighted by Crippen LogP contribution is -2.14. The van der Waals surface area contributed by atoms with E-state index in [1.165, 1.54) is 25.7 Å². The van der Waals surface area contributed by atoms with E-state index in [0.717, 1.165) is 42.1 Å². The Morgan fingerprint density at radius 2 is 2.12 bits per heavy atom. The predicted molar refractivity (Wildman–Crippen MR) is 67.1 cm³/mol. The fourth-order valence-electron chi connectivity index (χ4n) is 2.14. The molecule has 0 spiro atoms. The first-order chi connectivity index (χ1) is 8.40. The van der Waals surface area contributed by atoms with Crippen LogP contribution in [0.3, 0.4) is 0 Å². The van der Waals surface area contributed by atoms with Crippen molar-refractivity contribution in [2.45, 2.75) is 57.2 Å². The number of ether oxygens (including phenoxy) is 1. The Morgan fingerprint density at radius 1 is 1.24 bits per heavy atom. The van der Waals surface area contributed by atoms with Crippen molar-refractivity contribution in [3.8, 4) is 0 Å². The van der Waals surface area contributed by atoms with Gasteiger partial charge in [0.05, 0.1) is 6.10 Å². The van der Waals surface area contributed by atoms with Crippen LogP contribution in [0.5, 0.6) is 0 Å². The first kappa shape index (κ1) is 11.6. The van der Waals surface area contributed by atoms with E-state index in [9.17, 15) is 0 Å². The van der Waals surface area contributed by atoms with Gasteiger partial charge in [0.25, 0.3) is 0 Å². The van der Waals surface area contributed by atoms with Gasteiger partial charge >= 0.3 is 0 Å². The van der Waals surface area contributed by atoms with Gasteiger partial charge in [-0.2, -0.15) is 0 Å². The quantitative estimate of drug-likeness (QED) is 0.841. The smallest absolute Gasteiger partial charge is 0.131 e. The SMILES string of the molecule is C1COC(CCc2nnc(CNC3CC3)s2)C1. The van der Waals surface area contributed by atoms with Crippen molar-refractivity contribution in [2.24, 2.45) is 0 Å². The summed E-state index contributed by atoms with van der Waals surface area (Å²) >= 11 is 1.75. The Balaban J connectivity index is 1.42. The molecule has 1 aliphatic heterocycles. The van der Waals surface area contributed by atoms with Crippen LogP contribution in [-0.4, -0.2) is 29.0 Å². The minimum absolute atomic E-state index is 0.465. The van der Waals surface area contributed by atoms with E-state index in [1.807, 2.05) is 0 Å². The van der Waals surface area contributed by atoms with Gasteiger partial charge in [-0.15, -0.1) is 21.5 Å². The Labute approximate surface area is 106 Å². The molecule has 1 unspecified atom stereocenters. The number of nitrogens with zero attached hydrogens (tertiary/aromatic N) is 2. The number of nitrogens with one attached hydrogen (secondary N) is 1. The van der Waals surface area contributed by atoms with E-state index in [0.29, 0.717) is 6.10 Å². The van der Waals surface area contributed by atoms with E-state index in [4.69, 9.17) is 4.74 Å². The van der Waals surface area contributed by atoms with E-state index in [1.54, 1.807) is 11.3 Å². The van der Waals surface area contributed by atoms with Gasteiger partial charge in [-0.3, -0.25) is 0 Å². The van der Waals surface area contributed by atoms with Crippen LogP contribution in [-0.2, 0) is 17.7 Å². The molecule has 1 aromatic heterocycles. The van der Waals surface area contributed by atoms with Gasteiger partial charge in [-0.25, -0.2) is 0 Å². The zero-order valence-corrected chi connectivity index (χ0v) is 10.8. The van der Waals surface area contributed by atoms with Crippen LogP contribution in [0.4, 0.5) is 0 Å². The molecule has 2 heterocycles. The number of rotatable bonds is 6. The summed E-state index contributed by atoms with van der Waals surface area (Å²) in [6.45, 7) is 1.83. The second-order valence-corrected chi connectivity index (χ2v) is 6.07. The molecule has 0 radical (unpaired) electrons. The normalized spacial score (nSPS) is 24.4. The molecule has 1 saturated carbocycles. The van der Waals surface area contributed by atoms with Gasteiger partial charge in [0.15, 0.2) is 0 Å². The number of hydrogen-bond acceptors (Lipinski definition) is 5. The monoisotopic (exact) mass is 253 g/mol. The zero-order chi connectivity index (χ0) is 11.5. The highest BCUT2D eigenvalue weighted by atomic mass is 32.1. The molecule has 94 valence electrons. The molecular formula is C12H19N3OS. The Morgan fingerprint density at radius 3 is 2.88 bits per heavy atom. The van der Waals surface area contributed by atoms with Crippen molar-refractivity contribution < 1.29 is 4.74 Å². The van der Waals surface area contributed by atoms with Crippen molar-refractivity contribution in [1.29, 1.82) is 0 Å². The van der Waals surface area contributed by atoms with Gasteiger partial charge in [0, 0.05) is 25.6 Å². The molecule has 0 amide bonds. The summed E-state index contributed by atoms with van der Waals surface area (Å²) in [4.78, 5) is 0. The maximum atomic E-state index is 5.61. The maximum Gasteiger partial charge on any atom is 0.131 e. The van der Waals surface area contributed by atoms with E-state index >= 15 is 0 Å². The molecule has 4 nitrogen and oxygen atoms in total. The number of hydrogen-bond donors (Lipinski definition) is 1. The van der Waals surface area contributed by atoms with Crippen molar-refractivity contribution in [3.05, 3.63) is 10.0 Å². The molecule has 5 heteroatoms. The second-order valence-electron chi connectivity index (χ2n) is 4.92. The van der Waals surface area contributed by atoms with E-state index < -0.39 is 0 Å². The molecule has 1 aromatic rings. The average molecular weight is 253 g/mol. The highest BCUT2D eigenvalue weighted by Crippen LogP contribution is 2.21. The summed E-state index contributed by atoms with van der Waals surface area (Å²) in [5.74, 6) is 0. The molecule has 2 fully saturated rings. The van der Waals surface area contributed by atoms with Crippen LogP contribution < -0.4 is 5.32 Å².